The normalized spacial score (nSPS) is 0. The SMILES string of the molecule is [Na].[Na].[Na].[Na].[Na].[Na].[Na].[Na].[Na].[Na].[Sn].[Sn].[Sn].[Sn].[Sn].[Sn].[Sn].[Sn].[Sn].[Sn].[Sn].[Sn].[Yb]. The fourth-order valence-electron chi connectivity index (χ4n) is 0. The maximum Gasteiger partial charge on any atom is 0 e. The Bertz CT molecular complexity index is 27.8. The molecule has 58 radical (unpaired) electrons. The van der Waals surface area contributed by atoms with Crippen molar-refractivity contribution in [3.63, 3.8) is 0 Å². The fourth-order valence-corrected chi connectivity index (χ4v) is 0. The third-order valence-corrected chi connectivity index (χ3v) is 0. The maximum atomic E-state index is 0. The summed E-state index contributed by atoms with van der Waals surface area (Å²) in [6.07, 6.45) is 0. The van der Waals surface area contributed by atoms with Crippen LogP contribution in [-0.2, 0) is 0 Å². The second kappa shape index (κ2) is 172. The zero-order chi connectivity index (χ0) is 0. The van der Waals surface area contributed by atoms with Crippen LogP contribution in [0.25, 0.3) is 0 Å². The van der Waals surface area contributed by atoms with Crippen LogP contribution in [0.1, 0.15) is 0 Å². The fraction of sp³-hybridized carbons (Fsp3) is 0. The number of rotatable bonds is 0. The Kier molecular flexibility index (Phi) is 1370. The molecule has 0 bridgehead atoms. The van der Waals surface area contributed by atoms with Crippen molar-refractivity contribution in [1.82, 2.24) is 0 Å². The first-order valence-corrected chi connectivity index (χ1v) is 0. The van der Waals surface area contributed by atoms with Gasteiger partial charge in [0.1, 0.15) is 0 Å². The van der Waals surface area contributed by atoms with E-state index in [4.69, 9.17) is 0 Å². The topological polar surface area (TPSA) is 0 Å². The van der Waals surface area contributed by atoms with Crippen LogP contribution in [0.2, 0.25) is 0 Å². The van der Waals surface area contributed by atoms with Crippen molar-refractivity contribution >= 4 is 582 Å². The van der Waals surface area contributed by atoms with Crippen LogP contribution >= 0.6 is 0 Å². The summed E-state index contributed by atoms with van der Waals surface area (Å²) < 4.78 is 0. The van der Waals surface area contributed by atoms with Gasteiger partial charge in [0.25, 0.3) is 0 Å². The Morgan fingerprint density at radius 3 is 0.130 bits per heavy atom. The third kappa shape index (κ3) is 164. The zero-order valence-electron chi connectivity index (χ0n) is 16.3. The first kappa shape index (κ1) is 184. The molecule has 0 saturated heterocycles. The molecule has 23 heavy (non-hydrogen) atoms. The summed E-state index contributed by atoms with van der Waals surface area (Å²) in [6, 6.07) is 0. The van der Waals surface area contributed by atoms with E-state index >= 15 is 0 Å². The minimum absolute atomic E-state index is 0. The predicted molar refractivity (Wildman–Crippen MR) is 127 cm³/mol. The Balaban J connectivity index is 0. The van der Waals surface area contributed by atoms with Gasteiger partial charge in [-0.1, -0.05) is 0 Å². The van der Waals surface area contributed by atoms with Gasteiger partial charge >= 0.3 is 0 Å². The number of hydrogen-bond acceptors (Lipinski definition) is 0. The van der Waals surface area contributed by atoms with Gasteiger partial charge in [0.2, 0.25) is 0 Å². The molecule has 0 heterocycles. The molecule has 0 aromatic heterocycles. The van der Waals surface area contributed by atoms with E-state index in [0.29, 0.717) is 0 Å². The summed E-state index contributed by atoms with van der Waals surface area (Å²) in [5, 5.41) is 0. The standard InChI is InChI=1S/10Na.12Sn.Yb. The molecule has 0 atom stereocenters. The molecule has 0 amide bonds. The van der Waals surface area contributed by atoms with Gasteiger partial charge in [0.05, 0.1) is 0 Å². The summed E-state index contributed by atoms with van der Waals surface area (Å²) in [7, 11) is 0. The molecule has 0 N–H and O–H groups in total. The molecule has 0 aliphatic heterocycles. The molecule has 0 rings (SSSR count). The summed E-state index contributed by atoms with van der Waals surface area (Å²) >= 11 is 0. The van der Waals surface area contributed by atoms with Crippen LogP contribution in [-0.4, -0.2) is 582 Å². The van der Waals surface area contributed by atoms with Crippen LogP contribution in [0.4, 0.5) is 0 Å². The summed E-state index contributed by atoms with van der Waals surface area (Å²) in [4.78, 5) is 0. The van der Waals surface area contributed by atoms with Gasteiger partial charge in [-0.2, -0.15) is 0 Å². The molecule has 23 heteroatoms. The molecule has 72 valence electrons. The van der Waals surface area contributed by atoms with Gasteiger partial charge in [-0.15, -0.1) is 0 Å². The van der Waals surface area contributed by atoms with E-state index in [9.17, 15) is 0 Å². The molecular weight excluding hydrogens is 1830 g/mol. The molecule has 0 aliphatic carbocycles. The molecule has 0 aliphatic rings. The molecular formula is Na10Sn12Yb. The van der Waals surface area contributed by atoms with E-state index in [1.807, 2.05) is 0 Å². The van der Waals surface area contributed by atoms with Crippen molar-refractivity contribution in [2.75, 3.05) is 0 Å². The van der Waals surface area contributed by atoms with E-state index < -0.39 is 0 Å². The molecule has 0 nitrogen and oxygen atoms in total. The summed E-state index contributed by atoms with van der Waals surface area (Å²) in [6.45, 7) is 0. The first-order chi connectivity index (χ1) is 0. The molecule has 0 saturated carbocycles. The van der Waals surface area contributed by atoms with Gasteiger partial charge in [0.15, 0.2) is 0 Å². The first-order valence-electron chi connectivity index (χ1n) is 0. The Labute approximate surface area is 607 Å². The molecule has 0 fully saturated rings. The summed E-state index contributed by atoms with van der Waals surface area (Å²) in [5.74, 6) is 0. The van der Waals surface area contributed by atoms with Gasteiger partial charge < -0.3 is 0 Å². The van der Waals surface area contributed by atoms with E-state index in [1.54, 1.807) is 0 Å². The van der Waals surface area contributed by atoms with Crippen LogP contribution < -0.4 is 0 Å². The van der Waals surface area contributed by atoms with Crippen LogP contribution in [0, 0.1) is 46.9 Å². The monoisotopic (exact) mass is 1840 g/mol. The smallest absolute Gasteiger partial charge is 0 e. The van der Waals surface area contributed by atoms with Gasteiger partial charge in [-0.05, 0) is 0 Å². The van der Waals surface area contributed by atoms with Crippen molar-refractivity contribution in [2.45, 2.75) is 0 Å². The Morgan fingerprint density at radius 2 is 0.130 bits per heavy atom. The summed E-state index contributed by atoms with van der Waals surface area (Å²) in [5.41, 5.74) is 0. The van der Waals surface area contributed by atoms with Crippen molar-refractivity contribution in [1.29, 1.82) is 0 Å². The molecule has 0 aromatic rings. The average molecular weight is 1830 g/mol. The van der Waals surface area contributed by atoms with Gasteiger partial charge in [-0.25, -0.2) is 0 Å². The second-order valence-corrected chi connectivity index (χ2v) is 0. The Hall–Kier alpha value is 21.1. The van der Waals surface area contributed by atoms with Crippen LogP contribution in [0.5, 0.6) is 0 Å². The van der Waals surface area contributed by atoms with Crippen molar-refractivity contribution in [2.24, 2.45) is 0 Å². The third-order valence-electron chi connectivity index (χ3n) is 0. The quantitative estimate of drug-likeness (QED) is 0.212. The van der Waals surface area contributed by atoms with Crippen molar-refractivity contribution in [3.05, 3.63) is 0 Å². The van der Waals surface area contributed by atoms with Gasteiger partial charge in [0, 0.05) is 629 Å². The van der Waals surface area contributed by atoms with E-state index in [1.165, 1.54) is 0 Å². The van der Waals surface area contributed by atoms with Crippen LogP contribution in [0.3, 0.4) is 0 Å². The van der Waals surface area contributed by atoms with Crippen LogP contribution in [0.15, 0.2) is 0 Å². The van der Waals surface area contributed by atoms with Crippen molar-refractivity contribution < 1.29 is 46.9 Å². The molecule has 0 aromatic carbocycles. The Morgan fingerprint density at radius 1 is 0.130 bits per heavy atom. The van der Waals surface area contributed by atoms with E-state index in [0.717, 1.165) is 0 Å². The predicted octanol–water partition coefficient (Wildman–Crippen LogP) is -8.38. The largest absolute Gasteiger partial charge is 0 e. The molecule has 0 unspecified atom stereocenters. The minimum atomic E-state index is 0. The zero-order valence-corrected chi connectivity index (χ0v) is 72.2. The van der Waals surface area contributed by atoms with E-state index in [-0.39, 0.29) is 629 Å². The second-order valence-electron chi connectivity index (χ2n) is 0. The van der Waals surface area contributed by atoms with E-state index in [2.05, 4.69) is 0 Å². The van der Waals surface area contributed by atoms with Crippen molar-refractivity contribution in [3.8, 4) is 0 Å². The van der Waals surface area contributed by atoms with Gasteiger partial charge in [-0.3, -0.25) is 0 Å². The average Bonchev–Trinajstić information content (AvgIpc) is 0. The maximum absolute atomic E-state index is 0. The molecule has 0 spiro atoms. The minimum Gasteiger partial charge on any atom is 0 e. The number of hydrogen-bond donors (Lipinski definition) is 0.